The molecule has 0 atom stereocenters. The Kier molecular flexibility index (Phi) is 6.82. The Morgan fingerprint density at radius 1 is 1.20 bits per heavy atom. The van der Waals surface area contributed by atoms with Gasteiger partial charge in [0.2, 0.25) is 0 Å². The maximum atomic E-state index is 12.3. The van der Waals surface area contributed by atoms with Crippen molar-refractivity contribution >= 4 is 52.6 Å². The molecule has 0 aromatic heterocycles. The number of nitrogens with zero attached hydrogens (tertiary/aromatic N) is 1. The highest BCUT2D eigenvalue weighted by molar-refractivity contribution is 7.99. The van der Waals surface area contributed by atoms with Crippen LogP contribution < -0.4 is 5.32 Å². The first kappa shape index (κ1) is 19.3. The van der Waals surface area contributed by atoms with E-state index in [9.17, 15) is 18.8 Å². The van der Waals surface area contributed by atoms with Gasteiger partial charge in [-0.05, 0) is 48.0 Å². The van der Waals surface area contributed by atoms with E-state index in [0.29, 0.717) is 38.0 Å². The summed E-state index contributed by atoms with van der Waals surface area (Å²) in [5.41, 5.74) is 0.698. The van der Waals surface area contributed by atoms with Crippen LogP contribution in [0.3, 0.4) is 0 Å². The average Bonchev–Trinajstić information content (AvgIpc) is 2.55. The van der Waals surface area contributed by atoms with Gasteiger partial charge in [-0.1, -0.05) is 41.0 Å². The largest absolute Gasteiger partial charge is 0.321 e. The lowest BCUT2D eigenvalue weighted by molar-refractivity contribution is -0.112. The van der Waals surface area contributed by atoms with Crippen LogP contribution in [0, 0.1) is 11.3 Å². The average molecular weight is 399 g/mol. The highest BCUT2D eigenvalue weighted by atomic mass is 35.5. The van der Waals surface area contributed by atoms with Gasteiger partial charge in [0.25, 0.3) is 11.7 Å². The lowest BCUT2D eigenvalue weighted by atomic mass is 10.1. The lowest BCUT2D eigenvalue weighted by Gasteiger charge is -2.06. The Bertz CT molecular complexity index is 849. The molecule has 128 valence electrons. The van der Waals surface area contributed by atoms with E-state index in [1.807, 2.05) is 0 Å². The standard InChI is InChI=1S/C17H10Cl2F2N2OS/c18-12-2-1-10(15(19)8-12)7-11(9-22)16(24)23-13-3-5-14(6-4-13)25-17(20)21/h1-8,17H,(H,23,24)/b11-7+. The van der Waals surface area contributed by atoms with Crippen molar-refractivity contribution in [3.05, 3.63) is 63.6 Å². The fourth-order valence-corrected chi connectivity index (χ4v) is 2.80. The Morgan fingerprint density at radius 3 is 2.44 bits per heavy atom. The van der Waals surface area contributed by atoms with Crippen molar-refractivity contribution in [2.24, 2.45) is 0 Å². The molecule has 8 heteroatoms. The molecule has 0 radical (unpaired) electrons. The molecule has 0 fully saturated rings. The summed E-state index contributed by atoms with van der Waals surface area (Å²) in [6.07, 6.45) is 1.34. The smallest absolute Gasteiger partial charge is 0.288 e. The summed E-state index contributed by atoms with van der Waals surface area (Å²) in [4.78, 5) is 12.6. The SMILES string of the molecule is N#C/C(=C\c1ccc(Cl)cc1Cl)C(=O)Nc1ccc(SC(F)F)cc1. The van der Waals surface area contributed by atoms with Gasteiger partial charge in [0, 0.05) is 20.6 Å². The van der Waals surface area contributed by atoms with Crippen molar-refractivity contribution < 1.29 is 13.6 Å². The first-order chi connectivity index (χ1) is 11.9. The van der Waals surface area contributed by atoms with Crippen LogP contribution in [0.2, 0.25) is 10.0 Å². The van der Waals surface area contributed by atoms with E-state index in [-0.39, 0.29) is 5.57 Å². The van der Waals surface area contributed by atoms with E-state index < -0.39 is 11.7 Å². The molecule has 2 rings (SSSR count). The van der Waals surface area contributed by atoms with Gasteiger partial charge in [0.15, 0.2) is 0 Å². The summed E-state index contributed by atoms with van der Waals surface area (Å²) in [6, 6.07) is 12.4. The van der Waals surface area contributed by atoms with Crippen LogP contribution in [0.5, 0.6) is 0 Å². The van der Waals surface area contributed by atoms with Crippen molar-refractivity contribution in [3.63, 3.8) is 0 Å². The number of halogens is 4. The van der Waals surface area contributed by atoms with Crippen LogP contribution in [0.15, 0.2) is 52.9 Å². The number of thioether (sulfide) groups is 1. The van der Waals surface area contributed by atoms with Crippen molar-refractivity contribution in [1.82, 2.24) is 0 Å². The normalized spacial score (nSPS) is 11.3. The molecule has 0 bridgehead atoms. The molecule has 0 spiro atoms. The molecular weight excluding hydrogens is 389 g/mol. The highest BCUT2D eigenvalue weighted by Crippen LogP contribution is 2.26. The maximum absolute atomic E-state index is 12.3. The van der Waals surface area contributed by atoms with Gasteiger partial charge in [0.1, 0.15) is 11.6 Å². The van der Waals surface area contributed by atoms with Gasteiger partial charge in [0.05, 0.1) is 0 Å². The molecule has 0 saturated heterocycles. The summed E-state index contributed by atoms with van der Waals surface area (Å²) in [5.74, 6) is -3.15. The molecule has 0 aliphatic carbocycles. The van der Waals surface area contributed by atoms with E-state index >= 15 is 0 Å². The minimum absolute atomic E-state index is 0.157. The number of nitrogens with one attached hydrogen (secondary N) is 1. The Labute approximate surface area is 157 Å². The lowest BCUT2D eigenvalue weighted by Crippen LogP contribution is -2.13. The molecule has 0 saturated carbocycles. The molecule has 2 aromatic rings. The van der Waals surface area contributed by atoms with Gasteiger partial charge in [-0.25, -0.2) is 0 Å². The quantitative estimate of drug-likeness (QED) is 0.390. The predicted octanol–water partition coefficient (Wildman–Crippen LogP) is 5.85. The second-order valence-corrected chi connectivity index (χ2v) is 6.60. The number of carbonyl (C=O) groups is 1. The third-order valence-corrected chi connectivity index (χ3v) is 4.25. The van der Waals surface area contributed by atoms with E-state index in [0.717, 1.165) is 0 Å². The molecule has 1 amide bonds. The number of alkyl halides is 2. The van der Waals surface area contributed by atoms with E-state index in [2.05, 4.69) is 5.32 Å². The van der Waals surface area contributed by atoms with Crippen LogP contribution in [-0.2, 0) is 4.79 Å². The number of carbonyl (C=O) groups excluding carboxylic acids is 1. The third kappa shape index (κ3) is 5.75. The molecular formula is C17H10Cl2F2N2OS. The van der Waals surface area contributed by atoms with Crippen LogP contribution >= 0.6 is 35.0 Å². The molecule has 0 unspecified atom stereocenters. The first-order valence-electron chi connectivity index (χ1n) is 6.82. The molecule has 25 heavy (non-hydrogen) atoms. The van der Waals surface area contributed by atoms with Crippen molar-refractivity contribution in [3.8, 4) is 6.07 Å². The summed E-state index contributed by atoms with van der Waals surface area (Å²) in [5, 5.41) is 12.5. The van der Waals surface area contributed by atoms with Gasteiger partial charge in [-0.3, -0.25) is 4.79 Å². The summed E-state index contributed by atoms with van der Waals surface area (Å²) >= 11 is 12.2. The highest BCUT2D eigenvalue weighted by Gasteiger charge is 2.11. The molecule has 1 N–H and O–H groups in total. The Balaban J connectivity index is 2.14. The topological polar surface area (TPSA) is 52.9 Å². The van der Waals surface area contributed by atoms with Gasteiger partial charge in [-0.15, -0.1) is 0 Å². The van der Waals surface area contributed by atoms with Crippen molar-refractivity contribution in [1.29, 1.82) is 5.26 Å². The maximum Gasteiger partial charge on any atom is 0.288 e. The second-order valence-electron chi connectivity index (χ2n) is 4.69. The zero-order valence-electron chi connectivity index (χ0n) is 12.5. The molecule has 3 nitrogen and oxygen atoms in total. The Morgan fingerprint density at radius 2 is 1.88 bits per heavy atom. The molecule has 0 heterocycles. The molecule has 2 aromatic carbocycles. The third-order valence-electron chi connectivity index (χ3n) is 2.96. The zero-order chi connectivity index (χ0) is 18.4. The Hall–Kier alpha value is -2.07. The summed E-state index contributed by atoms with van der Waals surface area (Å²) in [6.45, 7) is 0. The fourth-order valence-electron chi connectivity index (χ4n) is 1.84. The van der Waals surface area contributed by atoms with Crippen molar-refractivity contribution in [2.45, 2.75) is 10.7 Å². The fraction of sp³-hybridized carbons (Fsp3) is 0.0588. The van der Waals surface area contributed by atoms with Crippen LogP contribution in [-0.4, -0.2) is 11.7 Å². The van der Waals surface area contributed by atoms with Crippen LogP contribution in [0.25, 0.3) is 6.08 Å². The van der Waals surface area contributed by atoms with Crippen LogP contribution in [0.1, 0.15) is 5.56 Å². The number of hydrogen-bond donors (Lipinski definition) is 1. The van der Waals surface area contributed by atoms with Crippen LogP contribution in [0.4, 0.5) is 14.5 Å². The summed E-state index contributed by atoms with van der Waals surface area (Å²) < 4.78 is 24.6. The number of amides is 1. The van der Waals surface area contributed by atoms with Gasteiger partial charge in [-0.2, -0.15) is 14.0 Å². The number of hydrogen-bond acceptors (Lipinski definition) is 3. The molecule has 0 aliphatic heterocycles. The number of nitriles is 1. The minimum atomic E-state index is -2.52. The second kappa shape index (κ2) is 8.86. The number of anilines is 1. The van der Waals surface area contributed by atoms with E-state index in [4.69, 9.17) is 23.2 Å². The monoisotopic (exact) mass is 398 g/mol. The molecule has 0 aliphatic rings. The van der Waals surface area contributed by atoms with Gasteiger partial charge < -0.3 is 5.32 Å². The van der Waals surface area contributed by atoms with E-state index in [1.54, 1.807) is 18.2 Å². The van der Waals surface area contributed by atoms with E-state index in [1.165, 1.54) is 36.4 Å². The number of rotatable bonds is 5. The zero-order valence-corrected chi connectivity index (χ0v) is 14.8. The van der Waals surface area contributed by atoms with Gasteiger partial charge >= 0.3 is 0 Å². The summed E-state index contributed by atoms with van der Waals surface area (Å²) in [7, 11) is 0. The predicted molar refractivity (Wildman–Crippen MR) is 97.0 cm³/mol. The first-order valence-corrected chi connectivity index (χ1v) is 8.45. The number of benzene rings is 2. The van der Waals surface area contributed by atoms with Crippen molar-refractivity contribution in [2.75, 3.05) is 5.32 Å². The minimum Gasteiger partial charge on any atom is -0.321 e.